The second-order valence-corrected chi connectivity index (χ2v) is 5.91. The summed E-state index contributed by atoms with van der Waals surface area (Å²) < 4.78 is 6.13. The molecule has 0 unspecified atom stereocenters. The molecule has 19 heavy (non-hydrogen) atoms. The number of rotatable bonds is 4. The number of ether oxygens (including phenoxy) is 1. The summed E-state index contributed by atoms with van der Waals surface area (Å²) in [5.41, 5.74) is 1.21. The van der Waals surface area contributed by atoms with Crippen molar-refractivity contribution < 1.29 is 9.66 Å². The zero-order valence-corrected chi connectivity index (χ0v) is 12.4. The minimum atomic E-state index is -0.387. The van der Waals surface area contributed by atoms with Crippen LogP contribution in [0.25, 0.3) is 0 Å². The molecule has 0 aliphatic carbocycles. The first-order valence-electron chi connectivity index (χ1n) is 6.26. The summed E-state index contributed by atoms with van der Waals surface area (Å²) in [6.45, 7) is 4.44. The van der Waals surface area contributed by atoms with Crippen LogP contribution >= 0.6 is 15.9 Å². The fraction of sp³-hybridized carbons (Fsp3) is 0.538. The molecule has 0 saturated carbocycles. The Morgan fingerprint density at radius 2 is 2.16 bits per heavy atom. The third-order valence-electron chi connectivity index (χ3n) is 3.55. The largest absolute Gasteiger partial charge is 0.381 e. The van der Waals surface area contributed by atoms with Gasteiger partial charge in [0.15, 0.2) is 0 Å². The van der Waals surface area contributed by atoms with E-state index in [-0.39, 0.29) is 16.1 Å². The highest BCUT2D eigenvalue weighted by Gasteiger charge is 2.26. The standard InChI is InChI=1S/C13H17BrN2O3/c1-13(4-6-19-7-5-13)15-9-10-2-3-11(16(17)18)8-12(10)14/h2-3,8,15H,4-7,9H2,1H3. The summed E-state index contributed by atoms with van der Waals surface area (Å²) in [5.74, 6) is 0. The maximum atomic E-state index is 10.7. The lowest BCUT2D eigenvalue weighted by atomic mass is 9.92. The van der Waals surface area contributed by atoms with E-state index in [0.717, 1.165) is 36.1 Å². The first kappa shape index (κ1) is 14.4. The fourth-order valence-electron chi connectivity index (χ4n) is 2.10. The molecule has 1 saturated heterocycles. The van der Waals surface area contributed by atoms with E-state index < -0.39 is 0 Å². The van der Waals surface area contributed by atoms with Crippen molar-refractivity contribution >= 4 is 21.6 Å². The molecule has 0 bridgehead atoms. The second kappa shape index (κ2) is 5.98. The molecule has 0 spiro atoms. The molecular formula is C13H17BrN2O3. The van der Waals surface area contributed by atoms with Gasteiger partial charge in [0.25, 0.3) is 5.69 Å². The number of nitro groups is 1. The zero-order chi connectivity index (χ0) is 13.9. The number of nitrogens with zero attached hydrogens (tertiary/aromatic N) is 1. The van der Waals surface area contributed by atoms with Gasteiger partial charge < -0.3 is 10.1 Å². The van der Waals surface area contributed by atoms with Crippen LogP contribution < -0.4 is 5.32 Å². The molecule has 0 radical (unpaired) electrons. The predicted octanol–water partition coefficient (Wildman–Crippen LogP) is 3.02. The molecule has 104 valence electrons. The summed E-state index contributed by atoms with van der Waals surface area (Å²) in [6, 6.07) is 4.87. The van der Waals surface area contributed by atoms with Gasteiger partial charge in [-0.15, -0.1) is 0 Å². The SMILES string of the molecule is CC1(NCc2ccc([N+](=O)[O-])cc2Br)CCOCC1. The van der Waals surface area contributed by atoms with Crippen LogP contribution in [0.5, 0.6) is 0 Å². The molecule has 2 rings (SSSR count). The molecule has 0 aromatic heterocycles. The number of nitro benzene ring substituents is 1. The van der Waals surface area contributed by atoms with E-state index in [1.54, 1.807) is 12.1 Å². The molecule has 0 amide bonds. The van der Waals surface area contributed by atoms with Crippen LogP contribution in [0.2, 0.25) is 0 Å². The molecule has 1 aliphatic rings. The highest BCUT2D eigenvalue weighted by atomic mass is 79.9. The van der Waals surface area contributed by atoms with Crippen molar-refractivity contribution in [2.75, 3.05) is 13.2 Å². The maximum Gasteiger partial charge on any atom is 0.270 e. The Hall–Kier alpha value is -0.980. The Morgan fingerprint density at radius 1 is 1.47 bits per heavy atom. The van der Waals surface area contributed by atoms with Gasteiger partial charge in [-0.1, -0.05) is 15.9 Å². The summed E-state index contributed by atoms with van der Waals surface area (Å²) >= 11 is 3.39. The van der Waals surface area contributed by atoms with Crippen LogP contribution in [0.4, 0.5) is 5.69 Å². The first-order chi connectivity index (χ1) is 9.00. The average molecular weight is 329 g/mol. The highest BCUT2D eigenvalue weighted by Crippen LogP contribution is 2.25. The normalized spacial score (nSPS) is 18.2. The number of hydrogen-bond donors (Lipinski definition) is 1. The fourth-order valence-corrected chi connectivity index (χ4v) is 2.61. The number of hydrogen-bond acceptors (Lipinski definition) is 4. The third kappa shape index (κ3) is 3.75. The number of nitrogens with one attached hydrogen (secondary N) is 1. The monoisotopic (exact) mass is 328 g/mol. The van der Waals surface area contributed by atoms with Gasteiger partial charge in [-0.3, -0.25) is 10.1 Å². The summed E-state index contributed by atoms with van der Waals surface area (Å²) in [7, 11) is 0. The predicted molar refractivity (Wildman–Crippen MR) is 76.1 cm³/mol. The lowest BCUT2D eigenvalue weighted by molar-refractivity contribution is -0.384. The van der Waals surface area contributed by atoms with Crippen molar-refractivity contribution in [2.45, 2.75) is 31.8 Å². The van der Waals surface area contributed by atoms with E-state index in [4.69, 9.17) is 4.74 Å². The van der Waals surface area contributed by atoms with Crippen molar-refractivity contribution in [2.24, 2.45) is 0 Å². The van der Waals surface area contributed by atoms with Crippen molar-refractivity contribution in [1.82, 2.24) is 5.32 Å². The molecule has 1 fully saturated rings. The van der Waals surface area contributed by atoms with Gasteiger partial charge in [0.1, 0.15) is 0 Å². The van der Waals surface area contributed by atoms with Gasteiger partial charge in [-0.05, 0) is 31.4 Å². The summed E-state index contributed by atoms with van der Waals surface area (Å²) in [6.07, 6.45) is 1.97. The van der Waals surface area contributed by atoms with E-state index in [2.05, 4.69) is 28.2 Å². The molecule has 1 heterocycles. The van der Waals surface area contributed by atoms with Crippen molar-refractivity contribution in [1.29, 1.82) is 0 Å². The lowest BCUT2D eigenvalue weighted by Crippen LogP contribution is -2.46. The maximum absolute atomic E-state index is 10.7. The van der Waals surface area contributed by atoms with Crippen molar-refractivity contribution in [3.8, 4) is 0 Å². The number of halogens is 1. The molecule has 1 N–H and O–H groups in total. The molecular weight excluding hydrogens is 312 g/mol. The third-order valence-corrected chi connectivity index (χ3v) is 4.29. The number of non-ortho nitro benzene ring substituents is 1. The average Bonchev–Trinajstić information content (AvgIpc) is 2.38. The van der Waals surface area contributed by atoms with E-state index in [1.165, 1.54) is 6.07 Å². The molecule has 0 atom stereocenters. The van der Waals surface area contributed by atoms with Crippen molar-refractivity contribution in [3.63, 3.8) is 0 Å². The second-order valence-electron chi connectivity index (χ2n) is 5.06. The van der Waals surface area contributed by atoms with Gasteiger partial charge in [0, 0.05) is 41.9 Å². The lowest BCUT2D eigenvalue weighted by Gasteiger charge is -2.34. The summed E-state index contributed by atoms with van der Waals surface area (Å²) in [4.78, 5) is 10.3. The molecule has 5 nitrogen and oxygen atoms in total. The van der Waals surface area contributed by atoms with Gasteiger partial charge >= 0.3 is 0 Å². The topological polar surface area (TPSA) is 64.4 Å². The zero-order valence-electron chi connectivity index (χ0n) is 10.8. The van der Waals surface area contributed by atoms with Gasteiger partial charge in [0.05, 0.1) is 4.92 Å². The highest BCUT2D eigenvalue weighted by molar-refractivity contribution is 9.10. The Morgan fingerprint density at radius 3 is 2.74 bits per heavy atom. The van der Waals surface area contributed by atoms with E-state index in [1.807, 2.05) is 0 Å². The molecule has 1 aromatic carbocycles. The summed E-state index contributed by atoms with van der Waals surface area (Å²) in [5, 5.41) is 14.2. The van der Waals surface area contributed by atoms with E-state index in [0.29, 0.717) is 6.54 Å². The van der Waals surface area contributed by atoms with Crippen LogP contribution in [-0.2, 0) is 11.3 Å². The minimum Gasteiger partial charge on any atom is -0.381 e. The van der Waals surface area contributed by atoms with Crippen LogP contribution in [0.15, 0.2) is 22.7 Å². The molecule has 1 aliphatic heterocycles. The smallest absolute Gasteiger partial charge is 0.270 e. The quantitative estimate of drug-likeness (QED) is 0.681. The van der Waals surface area contributed by atoms with Crippen molar-refractivity contribution in [3.05, 3.63) is 38.3 Å². The Labute approximate surface area is 120 Å². The van der Waals surface area contributed by atoms with Crippen LogP contribution in [-0.4, -0.2) is 23.7 Å². The van der Waals surface area contributed by atoms with Gasteiger partial charge in [-0.25, -0.2) is 0 Å². The Kier molecular flexibility index (Phi) is 4.54. The van der Waals surface area contributed by atoms with E-state index in [9.17, 15) is 10.1 Å². The first-order valence-corrected chi connectivity index (χ1v) is 7.05. The van der Waals surface area contributed by atoms with Crippen LogP contribution in [0.3, 0.4) is 0 Å². The Bertz CT molecular complexity index is 473. The molecule has 1 aromatic rings. The number of benzene rings is 1. The van der Waals surface area contributed by atoms with Crippen LogP contribution in [0, 0.1) is 10.1 Å². The van der Waals surface area contributed by atoms with E-state index >= 15 is 0 Å². The Balaban J connectivity index is 2.01. The van der Waals surface area contributed by atoms with Gasteiger partial charge in [-0.2, -0.15) is 0 Å². The van der Waals surface area contributed by atoms with Gasteiger partial charge in [0.2, 0.25) is 0 Å². The van der Waals surface area contributed by atoms with Crippen LogP contribution in [0.1, 0.15) is 25.3 Å². The minimum absolute atomic E-state index is 0.0828. The molecule has 6 heteroatoms.